The van der Waals surface area contributed by atoms with E-state index in [1.54, 1.807) is 22.7 Å². The first-order valence-electron chi connectivity index (χ1n) is 18.8. The van der Waals surface area contributed by atoms with Gasteiger partial charge in [-0.05, 0) is 41.5 Å². The third kappa shape index (κ3) is 5.80. The fourth-order valence-corrected chi connectivity index (χ4v) is 10.00. The number of thiophene rings is 2. The summed E-state index contributed by atoms with van der Waals surface area (Å²) >= 11 is 3.48. The van der Waals surface area contributed by atoms with Crippen LogP contribution in [0, 0.1) is 11.3 Å². The van der Waals surface area contributed by atoms with Crippen LogP contribution in [0.25, 0.3) is 108 Å². The normalized spacial score (nSPS) is 11.4. The number of aromatic nitrogens is 5. The topological polar surface area (TPSA) is 88.2 Å². The molecule has 4 aromatic heterocycles. The van der Waals surface area contributed by atoms with Crippen molar-refractivity contribution in [3.8, 4) is 74.0 Å². The fourth-order valence-electron chi connectivity index (χ4n) is 7.60. The van der Waals surface area contributed by atoms with Gasteiger partial charge in [0.1, 0.15) is 0 Å². The van der Waals surface area contributed by atoms with Crippen molar-refractivity contribution >= 4 is 63.1 Å². The van der Waals surface area contributed by atoms with E-state index in [0.29, 0.717) is 28.9 Å². The second kappa shape index (κ2) is 13.9. The minimum Gasteiger partial charge on any atom is -0.226 e. The van der Waals surface area contributed by atoms with Crippen LogP contribution in [0.4, 0.5) is 0 Å². The summed E-state index contributed by atoms with van der Waals surface area (Å²) in [5, 5.41) is 12.6. The van der Waals surface area contributed by atoms with Gasteiger partial charge in [0.2, 0.25) is 0 Å². The molecule has 7 aromatic carbocycles. The molecule has 0 unspecified atom stereocenters. The van der Waals surface area contributed by atoms with Crippen LogP contribution in [0.3, 0.4) is 0 Å². The van der Waals surface area contributed by atoms with E-state index in [1.807, 2.05) is 72.8 Å². The van der Waals surface area contributed by atoms with Crippen LogP contribution in [0.1, 0.15) is 5.56 Å². The molecule has 0 fully saturated rings. The fraction of sp³-hybridized carbons (Fsp3) is 0. The van der Waals surface area contributed by atoms with Gasteiger partial charge in [0.25, 0.3) is 0 Å². The first kappa shape index (κ1) is 33.9. The van der Waals surface area contributed by atoms with Crippen molar-refractivity contribution in [2.24, 2.45) is 0 Å². The number of hydrogen-bond donors (Lipinski definition) is 0. The maximum atomic E-state index is 9.25. The van der Waals surface area contributed by atoms with E-state index in [1.165, 1.54) is 4.70 Å². The minimum absolute atomic E-state index is 0.589. The second-order valence-corrected chi connectivity index (χ2v) is 16.0. The van der Waals surface area contributed by atoms with Gasteiger partial charge < -0.3 is 0 Å². The molecule has 0 aliphatic heterocycles. The Morgan fingerprint density at radius 1 is 0.379 bits per heavy atom. The molecule has 0 radical (unpaired) electrons. The molecule has 270 valence electrons. The highest BCUT2D eigenvalue weighted by Crippen LogP contribution is 2.45. The SMILES string of the molecule is N#Cc1ccc(-c2ccc(-c3nc(-c4ccccc4)nc(-c4cccc5sc6c(-c7nc(-c8ccccc8)c8sc9ccccc9c8n7)cccc6c45)n3)cc2)cc1. The molecule has 58 heavy (non-hydrogen) atoms. The van der Waals surface area contributed by atoms with Crippen molar-refractivity contribution in [1.29, 1.82) is 5.26 Å². The zero-order valence-corrected chi connectivity index (χ0v) is 32.3. The van der Waals surface area contributed by atoms with Gasteiger partial charge in [0.05, 0.1) is 27.5 Å². The molecule has 0 N–H and O–H groups in total. The van der Waals surface area contributed by atoms with E-state index >= 15 is 0 Å². The molecule has 0 atom stereocenters. The number of hydrogen-bond acceptors (Lipinski definition) is 8. The molecular weight excluding hydrogens is 749 g/mol. The van der Waals surface area contributed by atoms with Gasteiger partial charge in [-0.25, -0.2) is 24.9 Å². The quantitative estimate of drug-likeness (QED) is 0.167. The van der Waals surface area contributed by atoms with E-state index in [0.717, 1.165) is 80.4 Å². The molecule has 4 heterocycles. The zero-order valence-electron chi connectivity index (χ0n) is 30.7. The zero-order chi connectivity index (χ0) is 38.6. The summed E-state index contributed by atoms with van der Waals surface area (Å²) in [6, 6.07) is 59.8. The Kier molecular flexibility index (Phi) is 8.14. The van der Waals surface area contributed by atoms with E-state index in [-0.39, 0.29) is 0 Å². The Balaban J connectivity index is 1.08. The van der Waals surface area contributed by atoms with Gasteiger partial charge in [-0.2, -0.15) is 5.26 Å². The molecule has 0 aliphatic rings. The second-order valence-electron chi connectivity index (χ2n) is 13.9. The van der Waals surface area contributed by atoms with E-state index in [2.05, 4.69) is 103 Å². The van der Waals surface area contributed by atoms with Crippen LogP contribution in [0.2, 0.25) is 0 Å². The summed E-state index contributed by atoms with van der Waals surface area (Å²) in [5.41, 5.74) is 9.40. The summed E-state index contributed by atoms with van der Waals surface area (Å²) in [5.74, 6) is 2.49. The molecule has 0 saturated heterocycles. The Bertz CT molecular complexity index is 3390. The summed E-state index contributed by atoms with van der Waals surface area (Å²) in [7, 11) is 0. The van der Waals surface area contributed by atoms with E-state index < -0.39 is 0 Å². The van der Waals surface area contributed by atoms with Gasteiger partial charge in [-0.3, -0.25) is 0 Å². The van der Waals surface area contributed by atoms with Crippen molar-refractivity contribution in [3.63, 3.8) is 0 Å². The number of benzene rings is 7. The lowest BCUT2D eigenvalue weighted by atomic mass is 10.0. The van der Waals surface area contributed by atoms with Gasteiger partial charge in [-0.1, -0.05) is 140 Å². The molecule has 11 aromatic rings. The van der Waals surface area contributed by atoms with Crippen molar-refractivity contribution < 1.29 is 0 Å². The van der Waals surface area contributed by atoms with E-state index in [4.69, 9.17) is 24.9 Å². The van der Waals surface area contributed by atoms with Crippen molar-refractivity contribution in [1.82, 2.24) is 24.9 Å². The predicted octanol–water partition coefficient (Wildman–Crippen LogP) is 13.3. The van der Waals surface area contributed by atoms with Crippen LogP contribution < -0.4 is 0 Å². The largest absolute Gasteiger partial charge is 0.226 e. The minimum atomic E-state index is 0.589. The first-order chi connectivity index (χ1) is 28.7. The molecule has 11 rings (SSSR count). The Labute approximate surface area is 341 Å². The summed E-state index contributed by atoms with van der Waals surface area (Å²) in [6.45, 7) is 0. The summed E-state index contributed by atoms with van der Waals surface area (Å²) in [6.07, 6.45) is 0. The average Bonchev–Trinajstić information content (AvgIpc) is 3.88. The monoisotopic (exact) mass is 776 g/mol. The third-order valence-corrected chi connectivity index (χ3v) is 12.8. The van der Waals surface area contributed by atoms with Gasteiger partial charge in [0.15, 0.2) is 23.3 Å². The van der Waals surface area contributed by atoms with Crippen LogP contribution in [-0.2, 0) is 0 Å². The maximum Gasteiger partial charge on any atom is 0.164 e. The molecule has 0 bridgehead atoms. The molecule has 0 spiro atoms. The van der Waals surface area contributed by atoms with Crippen LogP contribution in [-0.4, -0.2) is 24.9 Å². The van der Waals surface area contributed by atoms with Gasteiger partial charge in [0, 0.05) is 58.1 Å². The number of fused-ring (bicyclic) bond motifs is 6. The highest BCUT2D eigenvalue weighted by molar-refractivity contribution is 7.26. The van der Waals surface area contributed by atoms with E-state index in [9.17, 15) is 5.26 Å². The maximum absolute atomic E-state index is 9.25. The number of nitriles is 1. The van der Waals surface area contributed by atoms with Gasteiger partial charge in [-0.15, -0.1) is 22.7 Å². The Hall–Kier alpha value is -7.44. The van der Waals surface area contributed by atoms with Crippen LogP contribution >= 0.6 is 22.7 Å². The smallest absolute Gasteiger partial charge is 0.164 e. The molecule has 0 aliphatic carbocycles. The lowest BCUT2D eigenvalue weighted by Crippen LogP contribution is -2.00. The lowest BCUT2D eigenvalue weighted by Gasteiger charge is -2.10. The van der Waals surface area contributed by atoms with Crippen LogP contribution in [0.15, 0.2) is 170 Å². The number of rotatable bonds is 6. The highest BCUT2D eigenvalue weighted by Gasteiger charge is 2.21. The average molecular weight is 777 g/mol. The molecular formula is C50H28N6S2. The molecule has 0 saturated carbocycles. The third-order valence-electron chi connectivity index (χ3n) is 10.4. The predicted molar refractivity (Wildman–Crippen MR) is 239 cm³/mol. The highest BCUT2D eigenvalue weighted by atomic mass is 32.1. The van der Waals surface area contributed by atoms with Crippen LogP contribution in [0.5, 0.6) is 0 Å². The number of nitrogens with zero attached hydrogens (tertiary/aromatic N) is 6. The lowest BCUT2D eigenvalue weighted by molar-refractivity contribution is 1.08. The first-order valence-corrected chi connectivity index (χ1v) is 20.4. The molecule has 8 heteroatoms. The molecule has 6 nitrogen and oxygen atoms in total. The van der Waals surface area contributed by atoms with Crippen molar-refractivity contribution in [2.75, 3.05) is 0 Å². The Morgan fingerprint density at radius 3 is 1.66 bits per heavy atom. The van der Waals surface area contributed by atoms with Gasteiger partial charge >= 0.3 is 0 Å². The molecule has 0 amide bonds. The summed E-state index contributed by atoms with van der Waals surface area (Å²) in [4.78, 5) is 25.9. The Morgan fingerprint density at radius 2 is 0.914 bits per heavy atom. The van der Waals surface area contributed by atoms with Crippen molar-refractivity contribution in [3.05, 3.63) is 175 Å². The van der Waals surface area contributed by atoms with Crippen molar-refractivity contribution in [2.45, 2.75) is 0 Å². The summed E-state index contributed by atoms with van der Waals surface area (Å²) < 4.78 is 4.52. The standard InChI is InChI=1S/C50H28N6S2/c51-29-30-21-23-31(24-22-30)32-25-27-35(28-26-32)48-54-47(34-13-5-2-6-14-34)55-49(56-48)38-17-10-20-41-42(38)37-16-9-18-39(45(37)58-41)50-52-43(33-11-3-1-4-12-33)46-44(53-50)36-15-7-8-19-40(36)57-46/h1-28H.